The van der Waals surface area contributed by atoms with Gasteiger partial charge >= 0.3 is 0 Å². The normalized spacial score (nSPS) is 21.5. The molecule has 3 N–H and O–H groups in total. The lowest BCUT2D eigenvalue weighted by atomic mass is 9.91. The fourth-order valence-corrected chi connectivity index (χ4v) is 3.17. The lowest BCUT2D eigenvalue weighted by Gasteiger charge is -2.31. The van der Waals surface area contributed by atoms with Gasteiger partial charge in [-0.1, -0.05) is 12.8 Å². The molecule has 0 saturated heterocycles. The van der Waals surface area contributed by atoms with Crippen LogP contribution in [0.3, 0.4) is 0 Å². The summed E-state index contributed by atoms with van der Waals surface area (Å²) in [5.74, 6) is 0.873. The SMILES string of the molecule is CC(NC(=O)c1c[nH]c2ncc(C3CC3)nc12)C(C)(O)CC1CC1. The van der Waals surface area contributed by atoms with Gasteiger partial charge in [0.15, 0.2) is 5.65 Å². The second-order valence-electron chi connectivity index (χ2n) is 7.67. The summed E-state index contributed by atoms with van der Waals surface area (Å²) in [5, 5.41) is 13.6. The summed E-state index contributed by atoms with van der Waals surface area (Å²) in [4.78, 5) is 24.7. The van der Waals surface area contributed by atoms with E-state index in [0.29, 0.717) is 28.6 Å². The van der Waals surface area contributed by atoms with Crippen molar-refractivity contribution < 1.29 is 9.90 Å². The molecule has 128 valence electrons. The quantitative estimate of drug-likeness (QED) is 0.760. The van der Waals surface area contributed by atoms with Gasteiger partial charge in [0.1, 0.15) is 5.52 Å². The first-order valence-electron chi connectivity index (χ1n) is 8.81. The van der Waals surface area contributed by atoms with Crippen LogP contribution in [0.1, 0.15) is 67.9 Å². The molecule has 2 saturated carbocycles. The van der Waals surface area contributed by atoms with Gasteiger partial charge in [0.25, 0.3) is 5.91 Å². The van der Waals surface area contributed by atoms with E-state index in [9.17, 15) is 9.90 Å². The summed E-state index contributed by atoms with van der Waals surface area (Å²) in [6.07, 6.45) is 8.83. The molecule has 0 radical (unpaired) electrons. The maximum atomic E-state index is 12.7. The number of aromatic amines is 1. The van der Waals surface area contributed by atoms with Crippen LogP contribution < -0.4 is 5.32 Å². The second-order valence-corrected chi connectivity index (χ2v) is 7.67. The summed E-state index contributed by atoms with van der Waals surface area (Å²) >= 11 is 0. The average molecular weight is 328 g/mol. The molecule has 0 spiro atoms. The Hall–Kier alpha value is -1.95. The van der Waals surface area contributed by atoms with Crippen molar-refractivity contribution in [2.75, 3.05) is 0 Å². The van der Waals surface area contributed by atoms with E-state index in [1.165, 1.54) is 12.8 Å². The largest absolute Gasteiger partial charge is 0.388 e. The standard InChI is InChI=1S/C18H24N4O2/c1-10(18(2,24)7-11-3-4-11)21-17(23)13-8-19-16-15(13)22-14(9-20-16)12-5-6-12/h8-12,24H,3-7H2,1-2H3,(H,19,20)(H,21,23). The van der Waals surface area contributed by atoms with Crippen molar-refractivity contribution in [1.29, 1.82) is 0 Å². The van der Waals surface area contributed by atoms with Crippen LogP contribution in [-0.4, -0.2) is 37.6 Å². The number of aliphatic hydroxyl groups is 1. The second kappa shape index (κ2) is 5.55. The topological polar surface area (TPSA) is 90.9 Å². The monoisotopic (exact) mass is 328 g/mol. The first-order valence-corrected chi connectivity index (χ1v) is 8.81. The van der Waals surface area contributed by atoms with Crippen LogP contribution in [0.2, 0.25) is 0 Å². The molecular weight excluding hydrogens is 304 g/mol. The molecule has 6 heteroatoms. The van der Waals surface area contributed by atoms with E-state index >= 15 is 0 Å². The third-order valence-electron chi connectivity index (χ3n) is 5.32. The Balaban J connectivity index is 1.53. The Morgan fingerprint density at radius 3 is 2.88 bits per heavy atom. The number of hydrogen-bond acceptors (Lipinski definition) is 4. The van der Waals surface area contributed by atoms with Gasteiger partial charge in [0.2, 0.25) is 0 Å². The third kappa shape index (κ3) is 3.02. The molecule has 2 aliphatic carbocycles. The van der Waals surface area contributed by atoms with Gasteiger partial charge in [-0.25, -0.2) is 9.97 Å². The maximum Gasteiger partial charge on any atom is 0.255 e. The molecule has 0 aliphatic heterocycles. The molecule has 24 heavy (non-hydrogen) atoms. The summed E-state index contributed by atoms with van der Waals surface area (Å²) in [6, 6.07) is -0.324. The minimum atomic E-state index is -0.895. The van der Waals surface area contributed by atoms with Crippen LogP contribution in [0, 0.1) is 5.92 Å². The fraction of sp³-hybridized carbons (Fsp3) is 0.611. The van der Waals surface area contributed by atoms with E-state index in [1.54, 1.807) is 19.3 Å². The molecule has 2 heterocycles. The molecule has 2 aromatic heterocycles. The summed E-state index contributed by atoms with van der Waals surface area (Å²) in [7, 11) is 0. The van der Waals surface area contributed by atoms with Crippen LogP contribution >= 0.6 is 0 Å². The zero-order chi connectivity index (χ0) is 16.9. The molecule has 2 unspecified atom stereocenters. The van der Waals surface area contributed by atoms with Crippen molar-refractivity contribution in [3.05, 3.63) is 23.7 Å². The molecule has 2 aromatic rings. The lowest BCUT2D eigenvalue weighted by Crippen LogP contribution is -2.49. The smallest absolute Gasteiger partial charge is 0.255 e. The molecule has 0 aromatic carbocycles. The maximum absolute atomic E-state index is 12.7. The number of aromatic nitrogens is 3. The Bertz CT molecular complexity index is 774. The Morgan fingerprint density at radius 1 is 1.46 bits per heavy atom. The van der Waals surface area contributed by atoms with Gasteiger partial charge in [-0.2, -0.15) is 0 Å². The fourth-order valence-electron chi connectivity index (χ4n) is 3.17. The number of nitrogens with one attached hydrogen (secondary N) is 2. The summed E-state index contributed by atoms with van der Waals surface area (Å²) in [6.45, 7) is 3.66. The Labute approximate surface area is 141 Å². The highest BCUT2D eigenvalue weighted by molar-refractivity contribution is 6.04. The average Bonchev–Trinajstić information content (AvgIpc) is 3.45. The van der Waals surface area contributed by atoms with E-state index in [0.717, 1.165) is 25.0 Å². The van der Waals surface area contributed by atoms with Gasteiger partial charge in [-0.15, -0.1) is 0 Å². The predicted molar refractivity (Wildman–Crippen MR) is 90.8 cm³/mol. The van der Waals surface area contributed by atoms with Crippen molar-refractivity contribution in [3.8, 4) is 0 Å². The molecule has 6 nitrogen and oxygen atoms in total. The lowest BCUT2D eigenvalue weighted by molar-refractivity contribution is 0.0122. The minimum absolute atomic E-state index is 0.216. The Morgan fingerprint density at radius 2 is 2.21 bits per heavy atom. The van der Waals surface area contributed by atoms with Crippen molar-refractivity contribution in [3.63, 3.8) is 0 Å². The van der Waals surface area contributed by atoms with E-state index < -0.39 is 5.60 Å². The number of hydrogen-bond donors (Lipinski definition) is 3. The van der Waals surface area contributed by atoms with E-state index in [2.05, 4.69) is 20.3 Å². The van der Waals surface area contributed by atoms with E-state index in [1.807, 2.05) is 6.92 Å². The molecule has 2 atom stereocenters. The van der Waals surface area contributed by atoms with Crippen LogP contribution in [0.15, 0.2) is 12.4 Å². The highest BCUT2D eigenvalue weighted by atomic mass is 16.3. The minimum Gasteiger partial charge on any atom is -0.388 e. The predicted octanol–water partition coefficient (Wildman–Crippen LogP) is 2.50. The number of rotatable bonds is 6. The number of carbonyl (C=O) groups is 1. The van der Waals surface area contributed by atoms with Gasteiger partial charge < -0.3 is 15.4 Å². The van der Waals surface area contributed by atoms with Crippen LogP contribution in [0.4, 0.5) is 0 Å². The number of nitrogens with zero attached hydrogens (tertiary/aromatic N) is 2. The van der Waals surface area contributed by atoms with Gasteiger partial charge in [-0.3, -0.25) is 4.79 Å². The first kappa shape index (κ1) is 15.6. The van der Waals surface area contributed by atoms with Gasteiger partial charge in [0, 0.05) is 12.1 Å². The van der Waals surface area contributed by atoms with E-state index in [4.69, 9.17) is 0 Å². The van der Waals surface area contributed by atoms with Crippen molar-refractivity contribution in [1.82, 2.24) is 20.3 Å². The molecule has 2 aliphatic rings. The van der Waals surface area contributed by atoms with E-state index in [-0.39, 0.29) is 11.9 Å². The van der Waals surface area contributed by atoms with Crippen molar-refractivity contribution in [2.45, 2.75) is 63.5 Å². The first-order chi connectivity index (χ1) is 11.4. The molecule has 1 amide bonds. The molecular formula is C18H24N4O2. The van der Waals surface area contributed by atoms with Crippen molar-refractivity contribution in [2.24, 2.45) is 5.92 Å². The molecule has 2 fully saturated rings. The molecule has 4 rings (SSSR count). The third-order valence-corrected chi connectivity index (χ3v) is 5.32. The summed E-state index contributed by atoms with van der Waals surface area (Å²) < 4.78 is 0. The number of carbonyl (C=O) groups excluding carboxylic acids is 1. The molecule has 0 bridgehead atoms. The zero-order valence-electron chi connectivity index (χ0n) is 14.2. The van der Waals surface area contributed by atoms with Crippen LogP contribution in [-0.2, 0) is 0 Å². The van der Waals surface area contributed by atoms with Gasteiger partial charge in [-0.05, 0) is 39.0 Å². The van der Waals surface area contributed by atoms with Gasteiger partial charge in [0.05, 0.1) is 29.1 Å². The summed E-state index contributed by atoms with van der Waals surface area (Å²) in [5.41, 5.74) is 1.81. The highest BCUT2D eigenvalue weighted by Gasteiger charge is 2.36. The highest BCUT2D eigenvalue weighted by Crippen LogP contribution is 2.39. The number of H-pyrrole nitrogens is 1. The number of amides is 1. The van der Waals surface area contributed by atoms with Crippen LogP contribution in [0.5, 0.6) is 0 Å². The van der Waals surface area contributed by atoms with Crippen molar-refractivity contribution >= 4 is 17.1 Å². The van der Waals surface area contributed by atoms with Crippen LogP contribution in [0.25, 0.3) is 11.2 Å². The Kier molecular flexibility index (Phi) is 3.60. The number of fused-ring (bicyclic) bond motifs is 1. The zero-order valence-corrected chi connectivity index (χ0v) is 14.2.